The average Bonchev–Trinajstić information content (AvgIpc) is 2.29. The van der Waals surface area contributed by atoms with E-state index in [0.29, 0.717) is 17.9 Å². The molecule has 0 bridgehead atoms. The Hall–Kier alpha value is -1.46. The second-order valence-corrected chi connectivity index (χ2v) is 3.52. The average molecular weight is 224 g/mol. The number of hydrogen-bond donors (Lipinski definition) is 1. The molecule has 1 heterocycles. The fourth-order valence-corrected chi connectivity index (χ4v) is 1.47. The highest BCUT2D eigenvalue weighted by atomic mass is 16.5. The lowest BCUT2D eigenvalue weighted by Gasteiger charge is -2.22. The van der Waals surface area contributed by atoms with E-state index in [4.69, 9.17) is 4.74 Å². The molecule has 0 radical (unpaired) electrons. The number of aromatic nitrogens is 1. The molecule has 5 heteroatoms. The maximum absolute atomic E-state index is 10.8. The van der Waals surface area contributed by atoms with Gasteiger partial charge in [-0.1, -0.05) is 0 Å². The van der Waals surface area contributed by atoms with Crippen molar-refractivity contribution >= 4 is 12.1 Å². The third kappa shape index (κ3) is 3.29. The van der Waals surface area contributed by atoms with Crippen molar-refractivity contribution < 1.29 is 14.6 Å². The van der Waals surface area contributed by atoms with Gasteiger partial charge in [-0.15, -0.1) is 0 Å². The molecule has 1 unspecified atom stereocenters. The SMILES string of the molecule is COCC(O)CN(C)c1ncccc1C=O. The summed E-state index contributed by atoms with van der Waals surface area (Å²) in [7, 11) is 3.30. The molecule has 0 saturated heterocycles. The molecule has 0 spiro atoms. The van der Waals surface area contributed by atoms with Gasteiger partial charge in [-0.3, -0.25) is 4.79 Å². The molecule has 0 aliphatic rings. The Morgan fingerprint density at radius 2 is 2.44 bits per heavy atom. The predicted molar refractivity (Wildman–Crippen MR) is 60.8 cm³/mol. The Balaban J connectivity index is 2.71. The first-order valence-electron chi connectivity index (χ1n) is 4.97. The summed E-state index contributed by atoms with van der Waals surface area (Å²) in [4.78, 5) is 16.6. The number of rotatable bonds is 6. The van der Waals surface area contributed by atoms with Crippen molar-refractivity contribution in [2.24, 2.45) is 0 Å². The van der Waals surface area contributed by atoms with Crippen LogP contribution in [0.3, 0.4) is 0 Å². The summed E-state index contributed by atoms with van der Waals surface area (Å²) in [6, 6.07) is 3.39. The lowest BCUT2D eigenvalue weighted by Crippen LogP contribution is -2.32. The van der Waals surface area contributed by atoms with Crippen LogP contribution in [0.5, 0.6) is 0 Å². The van der Waals surface area contributed by atoms with Crippen LogP contribution in [0.25, 0.3) is 0 Å². The van der Waals surface area contributed by atoms with Crippen molar-refractivity contribution in [1.82, 2.24) is 4.98 Å². The van der Waals surface area contributed by atoms with Crippen molar-refractivity contribution in [3.8, 4) is 0 Å². The van der Waals surface area contributed by atoms with E-state index >= 15 is 0 Å². The summed E-state index contributed by atoms with van der Waals surface area (Å²) < 4.78 is 4.83. The molecule has 88 valence electrons. The van der Waals surface area contributed by atoms with Crippen LogP contribution in [0, 0.1) is 0 Å². The first-order chi connectivity index (χ1) is 7.69. The van der Waals surface area contributed by atoms with Crippen LogP contribution in [0.1, 0.15) is 10.4 Å². The Bertz CT molecular complexity index is 344. The molecule has 0 amide bonds. The highest BCUT2D eigenvalue weighted by Gasteiger charge is 2.12. The zero-order chi connectivity index (χ0) is 12.0. The maximum atomic E-state index is 10.8. The molecule has 0 saturated carbocycles. The first kappa shape index (κ1) is 12.6. The van der Waals surface area contributed by atoms with Gasteiger partial charge in [-0.05, 0) is 12.1 Å². The summed E-state index contributed by atoms with van der Waals surface area (Å²) in [5.74, 6) is 0.563. The summed E-state index contributed by atoms with van der Waals surface area (Å²) in [6.45, 7) is 0.624. The van der Waals surface area contributed by atoms with E-state index < -0.39 is 6.10 Å². The largest absolute Gasteiger partial charge is 0.389 e. The molecule has 1 aromatic rings. The fraction of sp³-hybridized carbons (Fsp3) is 0.455. The molecule has 0 aliphatic heterocycles. The molecule has 5 nitrogen and oxygen atoms in total. The number of hydrogen-bond acceptors (Lipinski definition) is 5. The van der Waals surface area contributed by atoms with Gasteiger partial charge < -0.3 is 14.7 Å². The number of carbonyl (C=O) groups excluding carboxylic acids is 1. The zero-order valence-corrected chi connectivity index (χ0v) is 9.46. The topological polar surface area (TPSA) is 62.7 Å². The Morgan fingerprint density at radius 1 is 1.69 bits per heavy atom. The fourth-order valence-electron chi connectivity index (χ4n) is 1.47. The van der Waals surface area contributed by atoms with E-state index in [-0.39, 0.29) is 6.61 Å². The maximum Gasteiger partial charge on any atom is 0.153 e. The van der Waals surface area contributed by atoms with Gasteiger partial charge in [-0.25, -0.2) is 4.98 Å². The van der Waals surface area contributed by atoms with Crippen molar-refractivity contribution in [3.05, 3.63) is 23.9 Å². The normalized spacial score (nSPS) is 12.2. The van der Waals surface area contributed by atoms with Gasteiger partial charge in [0.1, 0.15) is 5.82 Å². The number of aliphatic hydroxyl groups excluding tert-OH is 1. The minimum absolute atomic E-state index is 0.258. The highest BCUT2D eigenvalue weighted by molar-refractivity contribution is 5.82. The minimum atomic E-state index is -0.600. The van der Waals surface area contributed by atoms with E-state index in [1.807, 2.05) is 0 Å². The summed E-state index contributed by atoms with van der Waals surface area (Å²) in [6.07, 6.45) is 1.76. The van der Waals surface area contributed by atoms with E-state index in [0.717, 1.165) is 6.29 Å². The summed E-state index contributed by atoms with van der Waals surface area (Å²) in [5, 5.41) is 9.56. The number of nitrogens with zero attached hydrogens (tertiary/aromatic N) is 2. The van der Waals surface area contributed by atoms with Gasteiger partial charge in [0.05, 0.1) is 18.3 Å². The highest BCUT2D eigenvalue weighted by Crippen LogP contribution is 2.13. The van der Waals surface area contributed by atoms with Gasteiger partial charge in [-0.2, -0.15) is 0 Å². The Morgan fingerprint density at radius 3 is 3.06 bits per heavy atom. The monoisotopic (exact) mass is 224 g/mol. The standard InChI is InChI=1S/C11H16N2O3/c1-13(6-10(15)8-16-2)11-9(7-14)4-3-5-12-11/h3-5,7,10,15H,6,8H2,1-2H3. The van der Waals surface area contributed by atoms with Crippen molar-refractivity contribution in [3.63, 3.8) is 0 Å². The zero-order valence-electron chi connectivity index (χ0n) is 9.46. The lowest BCUT2D eigenvalue weighted by atomic mass is 10.2. The van der Waals surface area contributed by atoms with E-state index in [9.17, 15) is 9.90 Å². The number of aliphatic hydroxyl groups is 1. The van der Waals surface area contributed by atoms with Crippen LogP contribution >= 0.6 is 0 Å². The second-order valence-electron chi connectivity index (χ2n) is 3.52. The van der Waals surface area contributed by atoms with Crippen LogP contribution in [0.15, 0.2) is 18.3 Å². The van der Waals surface area contributed by atoms with Crippen molar-refractivity contribution in [1.29, 1.82) is 0 Å². The first-order valence-corrected chi connectivity index (χ1v) is 4.97. The van der Waals surface area contributed by atoms with E-state index in [1.54, 1.807) is 30.3 Å². The van der Waals surface area contributed by atoms with Gasteiger partial charge in [0, 0.05) is 26.9 Å². The summed E-state index contributed by atoms with van der Waals surface area (Å²) >= 11 is 0. The van der Waals surface area contributed by atoms with Crippen molar-refractivity contribution in [2.45, 2.75) is 6.10 Å². The van der Waals surface area contributed by atoms with Gasteiger partial charge in [0.15, 0.2) is 6.29 Å². The molecular weight excluding hydrogens is 208 g/mol. The quantitative estimate of drug-likeness (QED) is 0.706. The van der Waals surface area contributed by atoms with Gasteiger partial charge in [0.25, 0.3) is 0 Å². The lowest BCUT2D eigenvalue weighted by molar-refractivity contribution is 0.0694. The molecule has 0 fully saturated rings. The molecule has 1 atom stereocenters. The van der Waals surface area contributed by atoms with Crippen LogP contribution in [0.2, 0.25) is 0 Å². The van der Waals surface area contributed by atoms with Crippen LogP contribution in [0.4, 0.5) is 5.82 Å². The molecular formula is C11H16N2O3. The summed E-state index contributed by atoms with van der Waals surface area (Å²) in [5.41, 5.74) is 0.509. The van der Waals surface area contributed by atoms with Gasteiger partial charge >= 0.3 is 0 Å². The van der Waals surface area contributed by atoms with E-state index in [2.05, 4.69) is 4.98 Å². The molecule has 1 rings (SSSR count). The molecule has 1 N–H and O–H groups in total. The smallest absolute Gasteiger partial charge is 0.153 e. The number of anilines is 1. The Kier molecular flexibility index (Phi) is 4.88. The number of likely N-dealkylation sites (N-methyl/N-ethyl adjacent to an activating group) is 1. The third-order valence-corrected chi connectivity index (χ3v) is 2.15. The number of ether oxygens (including phenoxy) is 1. The minimum Gasteiger partial charge on any atom is -0.389 e. The third-order valence-electron chi connectivity index (χ3n) is 2.15. The van der Waals surface area contributed by atoms with Crippen molar-refractivity contribution in [2.75, 3.05) is 32.2 Å². The number of methoxy groups -OCH3 is 1. The molecule has 16 heavy (non-hydrogen) atoms. The molecule has 0 aliphatic carbocycles. The Labute approximate surface area is 94.7 Å². The number of carbonyl (C=O) groups is 1. The molecule has 0 aromatic carbocycles. The number of pyridine rings is 1. The van der Waals surface area contributed by atoms with Crippen LogP contribution < -0.4 is 4.90 Å². The van der Waals surface area contributed by atoms with E-state index in [1.165, 1.54) is 7.11 Å². The molecule has 1 aromatic heterocycles. The predicted octanol–water partition coefficient (Wildman–Crippen LogP) is 0.338. The number of aldehydes is 1. The second kappa shape index (κ2) is 6.19. The van der Waals surface area contributed by atoms with Crippen LogP contribution in [-0.2, 0) is 4.74 Å². The van der Waals surface area contributed by atoms with Crippen LogP contribution in [-0.4, -0.2) is 49.8 Å². The van der Waals surface area contributed by atoms with Gasteiger partial charge in [0.2, 0.25) is 0 Å².